The summed E-state index contributed by atoms with van der Waals surface area (Å²) in [6.45, 7) is 0. The third kappa shape index (κ3) is 3.74. The van der Waals surface area contributed by atoms with Gasteiger partial charge in [0.15, 0.2) is 0 Å². The lowest BCUT2D eigenvalue weighted by atomic mass is 10.0. The number of H-pyrrole nitrogens is 1. The average Bonchev–Trinajstić information content (AvgIpc) is 2.80. The molecule has 0 spiro atoms. The number of fused-ring (bicyclic) bond motifs is 2. The Hall–Kier alpha value is -4.45. The quantitative estimate of drug-likeness (QED) is 0.389. The van der Waals surface area contributed by atoms with Crippen molar-refractivity contribution in [2.24, 2.45) is 0 Å². The molecule has 1 amide bonds. The molecule has 0 bridgehead atoms. The predicted molar refractivity (Wildman–Crippen MR) is 124 cm³/mol. The Labute approximate surface area is 177 Å². The molecule has 2 aromatic heterocycles. The van der Waals surface area contributed by atoms with Crippen LogP contribution in [0.1, 0.15) is 10.4 Å². The van der Waals surface area contributed by atoms with Gasteiger partial charge in [-0.25, -0.2) is 4.98 Å². The van der Waals surface area contributed by atoms with Gasteiger partial charge in [-0.3, -0.25) is 9.59 Å². The fourth-order valence-corrected chi connectivity index (χ4v) is 3.58. The van der Waals surface area contributed by atoms with E-state index in [1.54, 1.807) is 12.3 Å². The molecule has 0 radical (unpaired) electrons. The van der Waals surface area contributed by atoms with Crippen LogP contribution in [0.4, 0.5) is 17.1 Å². The van der Waals surface area contributed by atoms with Gasteiger partial charge in [-0.1, -0.05) is 36.4 Å². The number of aromatic amines is 1. The molecule has 0 saturated heterocycles. The van der Waals surface area contributed by atoms with Crippen molar-refractivity contribution < 1.29 is 4.79 Å². The molecule has 0 aliphatic rings. The van der Waals surface area contributed by atoms with Crippen LogP contribution in [0.3, 0.4) is 0 Å². The van der Waals surface area contributed by atoms with Gasteiger partial charge in [-0.05, 0) is 53.2 Å². The van der Waals surface area contributed by atoms with Crippen LogP contribution in [0.5, 0.6) is 0 Å². The third-order valence-electron chi connectivity index (χ3n) is 5.09. The number of benzene rings is 3. The van der Waals surface area contributed by atoms with E-state index in [0.717, 1.165) is 27.5 Å². The Bertz CT molecular complexity index is 1470. The maximum absolute atomic E-state index is 12.8. The number of nitrogens with zero attached hydrogens (tertiary/aromatic N) is 1. The lowest BCUT2D eigenvalue weighted by Gasteiger charge is -2.11. The van der Waals surface area contributed by atoms with Gasteiger partial charge in [0.05, 0.1) is 5.69 Å². The normalized spacial score (nSPS) is 10.8. The van der Waals surface area contributed by atoms with Crippen LogP contribution in [0.15, 0.2) is 95.9 Å². The summed E-state index contributed by atoms with van der Waals surface area (Å²) >= 11 is 0. The lowest BCUT2D eigenvalue weighted by Crippen LogP contribution is -2.12. The number of amides is 1. The molecule has 2 heterocycles. The van der Waals surface area contributed by atoms with Gasteiger partial charge in [-0.2, -0.15) is 0 Å². The SMILES string of the molecule is O=C(Nc1ccc(Nc2ccnc3[nH]c(=O)ccc23)cc1)c1cccc2ccccc12. The highest BCUT2D eigenvalue weighted by atomic mass is 16.1. The van der Waals surface area contributed by atoms with E-state index in [2.05, 4.69) is 20.6 Å². The second-order valence-electron chi connectivity index (χ2n) is 7.13. The molecule has 5 aromatic rings. The summed E-state index contributed by atoms with van der Waals surface area (Å²) < 4.78 is 0. The van der Waals surface area contributed by atoms with E-state index in [9.17, 15) is 9.59 Å². The molecule has 3 aromatic carbocycles. The first-order chi connectivity index (χ1) is 15.2. The summed E-state index contributed by atoms with van der Waals surface area (Å²) in [6, 6.07) is 26.0. The molecule has 0 unspecified atom stereocenters. The summed E-state index contributed by atoms with van der Waals surface area (Å²) in [5.74, 6) is -0.151. The zero-order valence-corrected chi connectivity index (χ0v) is 16.4. The number of hydrogen-bond acceptors (Lipinski definition) is 4. The summed E-state index contributed by atoms with van der Waals surface area (Å²) in [5, 5.41) is 9.05. The first kappa shape index (κ1) is 18.6. The van der Waals surface area contributed by atoms with E-state index >= 15 is 0 Å². The number of rotatable bonds is 4. The van der Waals surface area contributed by atoms with Crippen LogP contribution in [0.2, 0.25) is 0 Å². The van der Waals surface area contributed by atoms with Crippen LogP contribution in [-0.4, -0.2) is 15.9 Å². The minimum Gasteiger partial charge on any atom is -0.355 e. The van der Waals surface area contributed by atoms with Crippen molar-refractivity contribution in [3.05, 3.63) is 107 Å². The Morgan fingerprint density at radius 3 is 2.42 bits per heavy atom. The highest BCUT2D eigenvalue weighted by Crippen LogP contribution is 2.25. The van der Waals surface area contributed by atoms with Crippen molar-refractivity contribution in [2.75, 3.05) is 10.6 Å². The third-order valence-corrected chi connectivity index (χ3v) is 5.09. The topological polar surface area (TPSA) is 86.9 Å². The zero-order valence-electron chi connectivity index (χ0n) is 16.4. The Morgan fingerprint density at radius 1 is 0.774 bits per heavy atom. The number of nitrogens with one attached hydrogen (secondary N) is 3. The molecule has 0 fully saturated rings. The molecule has 3 N–H and O–H groups in total. The molecule has 0 atom stereocenters. The van der Waals surface area contributed by atoms with Crippen molar-refractivity contribution >= 4 is 44.8 Å². The lowest BCUT2D eigenvalue weighted by molar-refractivity contribution is 0.102. The van der Waals surface area contributed by atoms with E-state index in [4.69, 9.17) is 0 Å². The fourth-order valence-electron chi connectivity index (χ4n) is 3.58. The molecule has 31 heavy (non-hydrogen) atoms. The molecular formula is C25H18N4O2. The first-order valence-electron chi connectivity index (χ1n) is 9.82. The maximum Gasteiger partial charge on any atom is 0.256 e. The number of hydrogen-bond donors (Lipinski definition) is 3. The molecule has 0 saturated carbocycles. The van der Waals surface area contributed by atoms with Gasteiger partial charge in [0.2, 0.25) is 5.56 Å². The average molecular weight is 406 g/mol. The van der Waals surface area contributed by atoms with Gasteiger partial charge in [0.1, 0.15) is 5.65 Å². The van der Waals surface area contributed by atoms with Crippen molar-refractivity contribution in [1.82, 2.24) is 9.97 Å². The van der Waals surface area contributed by atoms with Crippen molar-refractivity contribution in [3.63, 3.8) is 0 Å². The number of carbonyl (C=O) groups is 1. The first-order valence-corrected chi connectivity index (χ1v) is 9.82. The number of pyridine rings is 2. The van der Waals surface area contributed by atoms with Gasteiger partial charge < -0.3 is 15.6 Å². The van der Waals surface area contributed by atoms with E-state index in [0.29, 0.717) is 16.9 Å². The Kier molecular flexibility index (Phi) is 4.65. The van der Waals surface area contributed by atoms with Gasteiger partial charge in [-0.15, -0.1) is 0 Å². The largest absolute Gasteiger partial charge is 0.355 e. The van der Waals surface area contributed by atoms with E-state index in [-0.39, 0.29) is 11.5 Å². The zero-order chi connectivity index (χ0) is 21.2. The van der Waals surface area contributed by atoms with Crippen LogP contribution in [0, 0.1) is 0 Å². The molecular weight excluding hydrogens is 388 g/mol. The van der Waals surface area contributed by atoms with Gasteiger partial charge in [0, 0.05) is 34.6 Å². The minimum absolute atomic E-state index is 0.151. The van der Waals surface area contributed by atoms with Crippen molar-refractivity contribution in [2.45, 2.75) is 0 Å². The second kappa shape index (κ2) is 7.76. The molecule has 0 aliphatic heterocycles. The number of carbonyl (C=O) groups excluding carboxylic acids is 1. The summed E-state index contributed by atoms with van der Waals surface area (Å²) in [5.41, 5.74) is 3.35. The summed E-state index contributed by atoms with van der Waals surface area (Å²) in [7, 11) is 0. The summed E-state index contributed by atoms with van der Waals surface area (Å²) in [6.07, 6.45) is 1.64. The van der Waals surface area contributed by atoms with E-state index in [1.807, 2.05) is 72.8 Å². The molecule has 150 valence electrons. The van der Waals surface area contributed by atoms with Crippen LogP contribution < -0.4 is 16.2 Å². The minimum atomic E-state index is -0.191. The predicted octanol–water partition coefficient (Wildman–Crippen LogP) is 5.07. The summed E-state index contributed by atoms with van der Waals surface area (Å²) in [4.78, 5) is 31.2. The van der Waals surface area contributed by atoms with Gasteiger partial charge in [0.25, 0.3) is 5.91 Å². The Morgan fingerprint density at radius 2 is 1.55 bits per heavy atom. The Balaban J connectivity index is 1.36. The van der Waals surface area contributed by atoms with E-state index < -0.39 is 0 Å². The highest BCUT2D eigenvalue weighted by Gasteiger charge is 2.10. The number of anilines is 3. The fraction of sp³-hybridized carbons (Fsp3) is 0. The molecule has 6 heteroatoms. The van der Waals surface area contributed by atoms with Crippen LogP contribution in [-0.2, 0) is 0 Å². The molecule has 5 rings (SSSR count). The smallest absolute Gasteiger partial charge is 0.256 e. The second-order valence-corrected chi connectivity index (χ2v) is 7.13. The van der Waals surface area contributed by atoms with Crippen LogP contribution >= 0.6 is 0 Å². The van der Waals surface area contributed by atoms with Gasteiger partial charge >= 0.3 is 0 Å². The highest BCUT2D eigenvalue weighted by molar-refractivity contribution is 6.13. The van der Waals surface area contributed by atoms with Crippen molar-refractivity contribution in [1.29, 1.82) is 0 Å². The molecule has 6 nitrogen and oxygen atoms in total. The van der Waals surface area contributed by atoms with Crippen molar-refractivity contribution in [3.8, 4) is 0 Å². The monoisotopic (exact) mass is 406 g/mol. The van der Waals surface area contributed by atoms with Crippen LogP contribution in [0.25, 0.3) is 21.8 Å². The molecule has 0 aliphatic carbocycles. The standard InChI is InChI=1S/C25H18N4O2/c30-23-13-12-21-22(14-15-26-24(21)29-23)27-17-8-10-18(11-9-17)28-25(31)20-7-3-5-16-4-1-2-6-19(16)20/h1-15H,(H,28,31)(H2,26,27,29,30). The number of aromatic nitrogens is 2. The van der Waals surface area contributed by atoms with E-state index in [1.165, 1.54) is 6.07 Å². The maximum atomic E-state index is 12.8.